The van der Waals surface area contributed by atoms with Crippen LogP contribution in [0.1, 0.15) is 104 Å². The molecule has 3 nitrogen and oxygen atoms in total. The average molecular weight is 328 g/mol. The topological polar surface area (TPSA) is 52.3 Å². The van der Waals surface area contributed by atoms with E-state index in [0.717, 1.165) is 19.3 Å². The predicted octanol–water partition coefficient (Wildman–Crippen LogP) is 5.60. The largest absolute Gasteiger partial charge is 0.465 e. The molecule has 0 unspecified atom stereocenters. The summed E-state index contributed by atoms with van der Waals surface area (Å²) in [5.74, 6) is -0.0353. The van der Waals surface area contributed by atoms with Crippen molar-refractivity contribution >= 4 is 5.97 Å². The third kappa shape index (κ3) is 13.6. The lowest BCUT2D eigenvalue weighted by Crippen LogP contribution is -2.38. The molecule has 138 valence electrons. The molecule has 0 radical (unpaired) electrons. The average Bonchev–Trinajstić information content (AvgIpc) is 2.57. The van der Waals surface area contributed by atoms with Crippen LogP contribution in [0.2, 0.25) is 0 Å². The van der Waals surface area contributed by atoms with E-state index < -0.39 is 6.04 Å². The first-order valence-electron chi connectivity index (χ1n) is 10.1. The van der Waals surface area contributed by atoms with E-state index >= 15 is 0 Å². The number of hydrogen-bond acceptors (Lipinski definition) is 3. The predicted molar refractivity (Wildman–Crippen MR) is 99.5 cm³/mol. The molecule has 2 N–H and O–H groups in total. The molecule has 0 heterocycles. The summed E-state index contributed by atoms with van der Waals surface area (Å²) in [7, 11) is 0. The van der Waals surface area contributed by atoms with Gasteiger partial charge in [0.25, 0.3) is 0 Å². The van der Waals surface area contributed by atoms with Crippen LogP contribution in [0.5, 0.6) is 0 Å². The van der Waals surface area contributed by atoms with Gasteiger partial charge < -0.3 is 10.5 Å². The molecule has 0 fully saturated rings. The lowest BCUT2D eigenvalue weighted by molar-refractivity contribution is -0.146. The van der Waals surface area contributed by atoms with Crippen molar-refractivity contribution in [3.8, 4) is 0 Å². The molecular formula is C20H41NO2. The molecule has 0 amide bonds. The molecule has 0 rings (SSSR count). The number of rotatable bonds is 16. The Labute approximate surface area is 144 Å². The van der Waals surface area contributed by atoms with Crippen molar-refractivity contribution in [2.45, 2.75) is 110 Å². The fourth-order valence-corrected chi connectivity index (χ4v) is 2.70. The number of unbranched alkanes of at least 4 members (excludes halogenated alkanes) is 11. The van der Waals surface area contributed by atoms with Gasteiger partial charge in [-0.3, -0.25) is 4.79 Å². The standard InChI is InChI=1S/C20H41NO2/c1-4-6-7-8-9-10-11-12-13-14-15-16-17-23-20(22)19(21)18(3)5-2/h18-19H,4-17,21H2,1-3H3/t18-,19+/m1/s1. The van der Waals surface area contributed by atoms with Gasteiger partial charge in [0.2, 0.25) is 0 Å². The van der Waals surface area contributed by atoms with E-state index in [1.807, 2.05) is 13.8 Å². The molecule has 3 heteroatoms. The fraction of sp³-hybridized carbons (Fsp3) is 0.950. The summed E-state index contributed by atoms with van der Waals surface area (Å²) in [4.78, 5) is 11.7. The highest BCUT2D eigenvalue weighted by Crippen LogP contribution is 2.12. The fourth-order valence-electron chi connectivity index (χ4n) is 2.70. The maximum Gasteiger partial charge on any atom is 0.323 e. The van der Waals surface area contributed by atoms with Crippen LogP contribution >= 0.6 is 0 Å². The van der Waals surface area contributed by atoms with Crippen LogP contribution < -0.4 is 5.73 Å². The molecule has 0 aliphatic heterocycles. The highest BCUT2D eigenvalue weighted by atomic mass is 16.5. The summed E-state index contributed by atoms with van der Waals surface area (Å²) in [6.45, 7) is 6.83. The highest BCUT2D eigenvalue weighted by molar-refractivity contribution is 5.75. The van der Waals surface area contributed by atoms with Crippen molar-refractivity contribution in [2.75, 3.05) is 6.61 Å². The molecule has 0 aliphatic carbocycles. The molecule has 0 saturated carbocycles. The maximum absolute atomic E-state index is 11.7. The Morgan fingerprint density at radius 3 is 1.70 bits per heavy atom. The Bertz CT molecular complexity index is 268. The minimum absolute atomic E-state index is 0.199. The molecule has 0 aromatic rings. The quantitative estimate of drug-likeness (QED) is 0.296. The third-order valence-corrected chi connectivity index (χ3v) is 4.77. The first kappa shape index (κ1) is 22.4. The van der Waals surface area contributed by atoms with Crippen LogP contribution in [0.15, 0.2) is 0 Å². The molecule has 0 bridgehead atoms. The van der Waals surface area contributed by atoms with Gasteiger partial charge >= 0.3 is 5.97 Å². The van der Waals surface area contributed by atoms with Crippen LogP contribution in [0.25, 0.3) is 0 Å². The summed E-state index contributed by atoms with van der Waals surface area (Å²) in [5, 5.41) is 0. The lowest BCUT2D eigenvalue weighted by atomic mass is 10.0. The molecule has 0 aromatic carbocycles. The zero-order valence-electron chi connectivity index (χ0n) is 15.9. The van der Waals surface area contributed by atoms with Crippen LogP contribution in [0.3, 0.4) is 0 Å². The molecule has 0 spiro atoms. The number of carbonyl (C=O) groups is 1. The van der Waals surface area contributed by atoms with Crippen LogP contribution in [0.4, 0.5) is 0 Å². The van der Waals surface area contributed by atoms with E-state index in [9.17, 15) is 4.79 Å². The van der Waals surface area contributed by atoms with Crippen molar-refractivity contribution in [3.63, 3.8) is 0 Å². The van der Waals surface area contributed by atoms with Crippen LogP contribution in [-0.4, -0.2) is 18.6 Å². The number of nitrogens with two attached hydrogens (primary N) is 1. The van der Waals surface area contributed by atoms with Crippen molar-refractivity contribution in [1.82, 2.24) is 0 Å². The minimum atomic E-state index is -0.461. The second-order valence-corrected chi connectivity index (χ2v) is 6.97. The second-order valence-electron chi connectivity index (χ2n) is 6.97. The Hall–Kier alpha value is -0.570. The van der Waals surface area contributed by atoms with E-state index in [2.05, 4.69) is 6.92 Å². The summed E-state index contributed by atoms with van der Waals surface area (Å²) in [6.07, 6.45) is 16.7. The first-order valence-corrected chi connectivity index (χ1v) is 10.1. The molecule has 2 atom stereocenters. The number of carbonyl (C=O) groups excluding carboxylic acids is 1. The summed E-state index contributed by atoms with van der Waals surface area (Å²) in [6, 6.07) is -0.461. The van der Waals surface area contributed by atoms with Gasteiger partial charge in [-0.2, -0.15) is 0 Å². The summed E-state index contributed by atoms with van der Waals surface area (Å²) in [5.41, 5.74) is 5.84. The highest BCUT2D eigenvalue weighted by Gasteiger charge is 2.20. The minimum Gasteiger partial charge on any atom is -0.465 e. The maximum atomic E-state index is 11.7. The molecule has 0 saturated heterocycles. The normalized spacial score (nSPS) is 13.7. The van der Waals surface area contributed by atoms with Gasteiger partial charge in [0.05, 0.1) is 6.61 Å². The smallest absolute Gasteiger partial charge is 0.323 e. The van der Waals surface area contributed by atoms with Gasteiger partial charge in [-0.15, -0.1) is 0 Å². The lowest BCUT2D eigenvalue weighted by Gasteiger charge is -2.16. The van der Waals surface area contributed by atoms with E-state index in [-0.39, 0.29) is 11.9 Å². The van der Waals surface area contributed by atoms with Crippen LogP contribution in [-0.2, 0) is 9.53 Å². The Balaban J connectivity index is 3.26. The van der Waals surface area contributed by atoms with Crippen molar-refractivity contribution in [1.29, 1.82) is 0 Å². The van der Waals surface area contributed by atoms with Gasteiger partial charge in [-0.1, -0.05) is 97.8 Å². The van der Waals surface area contributed by atoms with E-state index in [4.69, 9.17) is 10.5 Å². The van der Waals surface area contributed by atoms with Gasteiger partial charge in [-0.25, -0.2) is 0 Å². The number of esters is 1. The van der Waals surface area contributed by atoms with Crippen molar-refractivity contribution < 1.29 is 9.53 Å². The summed E-state index contributed by atoms with van der Waals surface area (Å²) >= 11 is 0. The first-order chi connectivity index (χ1) is 11.1. The van der Waals surface area contributed by atoms with E-state index in [1.54, 1.807) is 0 Å². The number of ether oxygens (including phenoxy) is 1. The number of hydrogen-bond donors (Lipinski definition) is 1. The Kier molecular flexibility index (Phi) is 15.9. The molecule has 0 aliphatic rings. The third-order valence-electron chi connectivity index (χ3n) is 4.77. The van der Waals surface area contributed by atoms with Gasteiger partial charge in [0.15, 0.2) is 0 Å². The molecule has 23 heavy (non-hydrogen) atoms. The molecule has 0 aromatic heterocycles. The van der Waals surface area contributed by atoms with Gasteiger partial charge in [0, 0.05) is 0 Å². The van der Waals surface area contributed by atoms with Crippen LogP contribution in [0, 0.1) is 5.92 Å². The monoisotopic (exact) mass is 327 g/mol. The molecular weight excluding hydrogens is 286 g/mol. The van der Waals surface area contributed by atoms with E-state index in [1.165, 1.54) is 64.2 Å². The SMILES string of the molecule is CCCCCCCCCCCCCCOC(=O)[C@@H](N)[C@H](C)CC. The van der Waals surface area contributed by atoms with E-state index in [0.29, 0.717) is 6.61 Å². The van der Waals surface area contributed by atoms with Gasteiger partial charge in [-0.05, 0) is 12.3 Å². The zero-order valence-corrected chi connectivity index (χ0v) is 15.9. The van der Waals surface area contributed by atoms with Crippen molar-refractivity contribution in [3.05, 3.63) is 0 Å². The Morgan fingerprint density at radius 2 is 1.26 bits per heavy atom. The second kappa shape index (κ2) is 16.3. The summed E-state index contributed by atoms with van der Waals surface area (Å²) < 4.78 is 5.25. The van der Waals surface area contributed by atoms with Crippen molar-refractivity contribution in [2.24, 2.45) is 11.7 Å². The van der Waals surface area contributed by atoms with Gasteiger partial charge in [0.1, 0.15) is 6.04 Å². The zero-order chi connectivity index (χ0) is 17.3. The Morgan fingerprint density at radius 1 is 0.826 bits per heavy atom.